The van der Waals surface area contributed by atoms with Crippen LogP contribution in [0.15, 0.2) is 24.3 Å². The summed E-state index contributed by atoms with van der Waals surface area (Å²) in [5.74, 6) is -0.795. The minimum atomic E-state index is -4.40. The average Bonchev–Trinajstić information content (AvgIpc) is 1.04. The lowest BCUT2D eigenvalue weighted by atomic mass is 10.0. The van der Waals surface area contributed by atoms with Crippen LogP contribution in [-0.4, -0.2) is 49.3 Å². The number of carbonyl (C=O) groups is 2. The van der Waals surface area contributed by atoms with Crippen molar-refractivity contribution in [2.75, 3.05) is 26.4 Å². The molecule has 0 radical (unpaired) electrons. The number of carbonyl (C=O) groups excluding carboxylic acids is 2. The molecule has 0 aliphatic heterocycles. The van der Waals surface area contributed by atoms with Gasteiger partial charge in [-0.2, -0.15) is 0 Å². The number of esters is 2. The fourth-order valence-corrected chi connectivity index (χ4v) is 15.3. The number of phosphoric ester groups is 1. The molecule has 0 aliphatic rings. The standard InChI is InChI=1S/C91H178NO8P/c1-3-5-7-9-11-13-15-17-19-21-23-25-27-29-31-33-35-37-39-41-43-44-46-48-50-52-54-56-58-60-62-64-66-68-70-72-74-76-78-80-82-84-91(94)100-89(88-99-101(95,96)98-86-85-92)87-97-90(93)83-81-79-77-75-73-71-69-67-65-63-61-59-57-55-53-51-49-47-45-42-40-38-36-34-32-30-28-26-24-22-20-18-16-14-12-10-8-6-4-2/h21-24,89H,3-20,25-88,92H2,1-2H3,(H,95,96)/b23-21-,24-22-. The molecule has 0 fully saturated rings. The Morgan fingerprint density at radius 1 is 0.287 bits per heavy atom. The van der Waals surface area contributed by atoms with Crippen LogP contribution in [0.5, 0.6) is 0 Å². The Kier molecular flexibility index (Phi) is 86.1. The van der Waals surface area contributed by atoms with Gasteiger partial charge in [0.25, 0.3) is 0 Å². The molecular weight excluding hydrogens is 1270 g/mol. The molecule has 0 amide bonds. The van der Waals surface area contributed by atoms with Crippen LogP contribution in [0.2, 0.25) is 0 Å². The Balaban J connectivity index is 3.67. The Morgan fingerprint density at radius 3 is 0.703 bits per heavy atom. The highest BCUT2D eigenvalue weighted by atomic mass is 31.2. The monoisotopic (exact) mass is 1440 g/mol. The third kappa shape index (κ3) is 87.3. The number of rotatable bonds is 89. The van der Waals surface area contributed by atoms with Crippen LogP contribution in [0.1, 0.15) is 515 Å². The van der Waals surface area contributed by atoms with Gasteiger partial charge in [-0.3, -0.25) is 18.6 Å². The van der Waals surface area contributed by atoms with Crippen molar-refractivity contribution in [2.24, 2.45) is 5.73 Å². The van der Waals surface area contributed by atoms with Gasteiger partial charge in [0.1, 0.15) is 6.61 Å². The first kappa shape index (κ1) is 99.5. The van der Waals surface area contributed by atoms with Crippen LogP contribution in [0.3, 0.4) is 0 Å². The first-order valence-corrected chi connectivity index (χ1v) is 47.3. The number of unbranched alkanes of at least 4 members (excludes halogenated alkanes) is 72. The molecule has 2 unspecified atom stereocenters. The lowest BCUT2D eigenvalue weighted by Gasteiger charge is -2.19. The van der Waals surface area contributed by atoms with Gasteiger partial charge < -0.3 is 20.1 Å². The van der Waals surface area contributed by atoms with Crippen molar-refractivity contribution >= 4 is 19.8 Å². The SMILES string of the molecule is CCCCCCCCCC/C=C\CCCCCCCCCCCCCCCCCCCCCCCCCCCCCCCC(=O)OC(COC(=O)CCCCCCCCCCCCCCCCCCCCCCCCCCCCC/C=C\CCCCCCCCCC)COP(=O)(O)OCCN. The Hall–Kier alpha value is -1.51. The summed E-state index contributed by atoms with van der Waals surface area (Å²) in [5, 5.41) is 0. The molecule has 0 saturated carbocycles. The van der Waals surface area contributed by atoms with Gasteiger partial charge in [0.2, 0.25) is 0 Å². The summed E-state index contributed by atoms with van der Waals surface area (Å²) in [7, 11) is -4.40. The summed E-state index contributed by atoms with van der Waals surface area (Å²) in [6, 6.07) is 0. The lowest BCUT2D eigenvalue weighted by molar-refractivity contribution is -0.161. The first-order chi connectivity index (χ1) is 49.8. The summed E-state index contributed by atoms with van der Waals surface area (Å²) in [4.78, 5) is 35.5. The number of ether oxygens (including phenoxy) is 2. The van der Waals surface area contributed by atoms with Gasteiger partial charge in [-0.1, -0.05) is 462 Å². The van der Waals surface area contributed by atoms with Gasteiger partial charge in [0, 0.05) is 19.4 Å². The highest BCUT2D eigenvalue weighted by Gasteiger charge is 2.26. The number of hydrogen-bond donors (Lipinski definition) is 2. The van der Waals surface area contributed by atoms with E-state index in [1.807, 2.05) is 0 Å². The van der Waals surface area contributed by atoms with E-state index in [9.17, 15) is 19.0 Å². The summed E-state index contributed by atoms with van der Waals surface area (Å²) >= 11 is 0. The predicted octanol–water partition coefficient (Wildman–Crippen LogP) is 31.1. The topological polar surface area (TPSA) is 134 Å². The third-order valence-electron chi connectivity index (χ3n) is 21.3. The van der Waals surface area contributed by atoms with Gasteiger partial charge in [-0.15, -0.1) is 0 Å². The number of nitrogens with two attached hydrogens (primary N) is 1. The van der Waals surface area contributed by atoms with Gasteiger partial charge in [0.15, 0.2) is 6.10 Å². The summed E-state index contributed by atoms with van der Waals surface area (Å²) in [5.41, 5.74) is 5.43. The Bertz CT molecular complexity index is 1710. The molecule has 101 heavy (non-hydrogen) atoms. The quantitative estimate of drug-likeness (QED) is 0.0264. The van der Waals surface area contributed by atoms with E-state index in [0.717, 1.165) is 32.1 Å². The number of hydrogen-bond acceptors (Lipinski definition) is 8. The molecule has 0 aromatic rings. The fourth-order valence-electron chi connectivity index (χ4n) is 14.5. The van der Waals surface area contributed by atoms with E-state index < -0.39 is 26.5 Å². The van der Waals surface area contributed by atoms with Crippen LogP contribution < -0.4 is 5.73 Å². The maximum atomic E-state index is 12.8. The molecule has 3 N–H and O–H groups in total. The Morgan fingerprint density at radius 2 is 0.485 bits per heavy atom. The molecule has 10 heteroatoms. The van der Waals surface area contributed by atoms with Crippen molar-refractivity contribution in [3.8, 4) is 0 Å². The molecule has 0 aliphatic carbocycles. The smallest absolute Gasteiger partial charge is 0.462 e. The van der Waals surface area contributed by atoms with E-state index in [1.54, 1.807) is 0 Å². The van der Waals surface area contributed by atoms with Gasteiger partial charge in [0.05, 0.1) is 13.2 Å². The highest BCUT2D eigenvalue weighted by molar-refractivity contribution is 7.47. The van der Waals surface area contributed by atoms with E-state index in [-0.39, 0.29) is 38.6 Å². The van der Waals surface area contributed by atoms with E-state index in [2.05, 4.69) is 38.2 Å². The zero-order valence-electron chi connectivity index (χ0n) is 68.2. The molecule has 600 valence electrons. The van der Waals surface area contributed by atoms with E-state index >= 15 is 0 Å². The number of phosphoric acid groups is 1. The second kappa shape index (κ2) is 87.4. The molecule has 2 atom stereocenters. The summed E-state index contributed by atoms with van der Waals surface area (Å²) in [6.07, 6.45) is 112. The van der Waals surface area contributed by atoms with Crippen molar-refractivity contribution < 1.29 is 37.6 Å². The number of allylic oxidation sites excluding steroid dienone is 4. The summed E-state index contributed by atoms with van der Waals surface area (Å²) < 4.78 is 33.4. The molecule has 9 nitrogen and oxygen atoms in total. The first-order valence-electron chi connectivity index (χ1n) is 45.8. The average molecular weight is 1450 g/mol. The normalized spacial score (nSPS) is 12.8. The van der Waals surface area contributed by atoms with Crippen LogP contribution in [0, 0.1) is 0 Å². The van der Waals surface area contributed by atoms with Crippen molar-refractivity contribution in [3.05, 3.63) is 24.3 Å². The maximum absolute atomic E-state index is 12.8. The van der Waals surface area contributed by atoms with E-state index in [4.69, 9.17) is 24.3 Å². The van der Waals surface area contributed by atoms with Crippen molar-refractivity contribution in [1.29, 1.82) is 0 Å². The van der Waals surface area contributed by atoms with Crippen LogP contribution in [0.4, 0.5) is 0 Å². The van der Waals surface area contributed by atoms with Gasteiger partial charge >= 0.3 is 19.8 Å². The van der Waals surface area contributed by atoms with Gasteiger partial charge in [-0.05, 0) is 64.2 Å². The van der Waals surface area contributed by atoms with Crippen molar-refractivity contribution in [2.45, 2.75) is 521 Å². The van der Waals surface area contributed by atoms with E-state index in [0.29, 0.717) is 6.42 Å². The minimum Gasteiger partial charge on any atom is -0.462 e. The molecule has 0 spiro atoms. The second-order valence-corrected chi connectivity index (χ2v) is 33.0. The molecule has 0 saturated heterocycles. The van der Waals surface area contributed by atoms with Crippen molar-refractivity contribution in [3.63, 3.8) is 0 Å². The molecule has 0 bridgehead atoms. The molecule has 0 aromatic carbocycles. The molecular formula is C91H178NO8P. The zero-order valence-corrected chi connectivity index (χ0v) is 69.1. The van der Waals surface area contributed by atoms with E-state index in [1.165, 1.54) is 449 Å². The predicted molar refractivity (Wildman–Crippen MR) is 441 cm³/mol. The lowest BCUT2D eigenvalue weighted by Crippen LogP contribution is -2.29. The van der Waals surface area contributed by atoms with Crippen molar-refractivity contribution in [1.82, 2.24) is 0 Å². The summed E-state index contributed by atoms with van der Waals surface area (Å²) in [6.45, 7) is 3.85. The molecule has 0 rings (SSSR count). The van der Waals surface area contributed by atoms with Crippen LogP contribution in [0.25, 0.3) is 0 Å². The molecule has 0 aromatic heterocycles. The second-order valence-electron chi connectivity index (χ2n) is 31.5. The van der Waals surface area contributed by atoms with Gasteiger partial charge in [-0.25, -0.2) is 4.57 Å². The van der Waals surface area contributed by atoms with Crippen LogP contribution in [-0.2, 0) is 32.7 Å². The maximum Gasteiger partial charge on any atom is 0.472 e. The zero-order chi connectivity index (χ0) is 72.9. The Labute approximate surface area is 631 Å². The molecule has 0 heterocycles. The highest BCUT2D eigenvalue weighted by Crippen LogP contribution is 2.43. The largest absolute Gasteiger partial charge is 0.472 e. The minimum absolute atomic E-state index is 0.0579. The van der Waals surface area contributed by atoms with Crippen LogP contribution >= 0.6 is 7.82 Å². The third-order valence-corrected chi connectivity index (χ3v) is 22.3. The fraction of sp³-hybridized carbons (Fsp3) is 0.934.